The maximum Gasteiger partial charge on any atom is 0.191 e. The summed E-state index contributed by atoms with van der Waals surface area (Å²) in [5.41, 5.74) is 2.58. The standard InChI is InChI=1S/C21H32N4OS/c1-21(2,27-5)16-24-20(22-3)23-13-17-9-6-7-10-18(17)14-25(4)15-19-11-8-12-26-19/h6-12H,13-16H2,1-5H3,(H2,22,23,24). The SMILES string of the molecule is CN=C(NCc1ccccc1CN(C)Cc1ccco1)NCC(C)(C)SC. The van der Waals surface area contributed by atoms with Crippen molar-refractivity contribution in [3.8, 4) is 0 Å². The first kappa shape index (κ1) is 21.4. The highest BCUT2D eigenvalue weighted by Crippen LogP contribution is 2.19. The third-order valence-electron chi connectivity index (χ3n) is 4.47. The molecule has 2 rings (SSSR count). The summed E-state index contributed by atoms with van der Waals surface area (Å²) in [6.45, 7) is 7.71. The van der Waals surface area contributed by atoms with E-state index in [1.54, 1.807) is 6.26 Å². The van der Waals surface area contributed by atoms with E-state index in [9.17, 15) is 0 Å². The van der Waals surface area contributed by atoms with Crippen LogP contribution < -0.4 is 10.6 Å². The Morgan fingerprint density at radius 2 is 1.85 bits per heavy atom. The van der Waals surface area contributed by atoms with Crippen LogP contribution in [0.15, 0.2) is 52.1 Å². The molecule has 0 unspecified atom stereocenters. The number of thioether (sulfide) groups is 1. The zero-order valence-electron chi connectivity index (χ0n) is 17.1. The summed E-state index contributed by atoms with van der Waals surface area (Å²) in [6, 6.07) is 12.5. The minimum Gasteiger partial charge on any atom is -0.468 e. The number of benzene rings is 1. The Balaban J connectivity index is 1.92. The highest BCUT2D eigenvalue weighted by molar-refractivity contribution is 7.99. The number of guanidine groups is 1. The molecule has 0 aliphatic rings. The van der Waals surface area contributed by atoms with Crippen LogP contribution in [0.5, 0.6) is 0 Å². The van der Waals surface area contributed by atoms with Crippen LogP contribution in [-0.4, -0.2) is 42.5 Å². The van der Waals surface area contributed by atoms with Crippen LogP contribution >= 0.6 is 11.8 Å². The van der Waals surface area contributed by atoms with Crippen LogP contribution in [-0.2, 0) is 19.6 Å². The Kier molecular flexibility index (Phi) is 8.25. The van der Waals surface area contributed by atoms with Gasteiger partial charge in [-0.15, -0.1) is 0 Å². The van der Waals surface area contributed by atoms with E-state index in [-0.39, 0.29) is 4.75 Å². The highest BCUT2D eigenvalue weighted by atomic mass is 32.2. The zero-order chi connectivity index (χ0) is 19.7. The number of furan rings is 1. The van der Waals surface area contributed by atoms with Crippen molar-refractivity contribution in [3.05, 3.63) is 59.5 Å². The maximum absolute atomic E-state index is 5.45. The minimum absolute atomic E-state index is 0.171. The summed E-state index contributed by atoms with van der Waals surface area (Å²) in [5, 5.41) is 6.85. The van der Waals surface area contributed by atoms with Crippen molar-refractivity contribution >= 4 is 17.7 Å². The van der Waals surface area contributed by atoms with Crippen LogP contribution in [0.3, 0.4) is 0 Å². The van der Waals surface area contributed by atoms with Crippen molar-refractivity contribution in [2.45, 2.75) is 38.2 Å². The molecule has 0 amide bonds. The molecule has 2 aromatic rings. The van der Waals surface area contributed by atoms with Gasteiger partial charge in [0, 0.05) is 31.4 Å². The summed E-state index contributed by atoms with van der Waals surface area (Å²) in [7, 11) is 3.92. The van der Waals surface area contributed by atoms with Crippen molar-refractivity contribution in [2.75, 3.05) is 26.9 Å². The first-order chi connectivity index (χ1) is 12.9. The van der Waals surface area contributed by atoms with Gasteiger partial charge in [0.25, 0.3) is 0 Å². The summed E-state index contributed by atoms with van der Waals surface area (Å²) in [5.74, 6) is 1.81. The van der Waals surface area contributed by atoms with E-state index in [0.29, 0.717) is 0 Å². The van der Waals surface area contributed by atoms with E-state index in [4.69, 9.17) is 4.42 Å². The fourth-order valence-electron chi connectivity index (χ4n) is 2.67. The van der Waals surface area contributed by atoms with E-state index in [0.717, 1.165) is 37.9 Å². The average Bonchev–Trinajstić information content (AvgIpc) is 3.16. The van der Waals surface area contributed by atoms with Gasteiger partial charge in [0.15, 0.2) is 5.96 Å². The molecule has 0 radical (unpaired) electrons. The van der Waals surface area contributed by atoms with Gasteiger partial charge in [-0.1, -0.05) is 24.3 Å². The topological polar surface area (TPSA) is 52.8 Å². The van der Waals surface area contributed by atoms with E-state index < -0.39 is 0 Å². The second-order valence-corrected chi connectivity index (χ2v) is 8.78. The lowest BCUT2D eigenvalue weighted by atomic mass is 10.1. The molecule has 1 aromatic heterocycles. The highest BCUT2D eigenvalue weighted by Gasteiger charge is 2.16. The van der Waals surface area contributed by atoms with E-state index in [2.05, 4.69) is 71.9 Å². The van der Waals surface area contributed by atoms with Crippen LogP contribution in [0.25, 0.3) is 0 Å². The fourth-order valence-corrected chi connectivity index (χ4v) is 2.88. The smallest absolute Gasteiger partial charge is 0.191 e. The quantitative estimate of drug-likeness (QED) is 0.506. The molecule has 0 aliphatic heterocycles. The molecular weight excluding hydrogens is 356 g/mol. The van der Waals surface area contributed by atoms with Gasteiger partial charge in [0.1, 0.15) is 5.76 Å². The fraction of sp³-hybridized carbons (Fsp3) is 0.476. The van der Waals surface area contributed by atoms with E-state index in [1.807, 2.05) is 30.9 Å². The second kappa shape index (κ2) is 10.4. The van der Waals surface area contributed by atoms with Gasteiger partial charge < -0.3 is 15.1 Å². The van der Waals surface area contributed by atoms with Crippen LogP contribution in [0, 0.1) is 0 Å². The summed E-state index contributed by atoms with van der Waals surface area (Å²) in [6.07, 6.45) is 3.85. The van der Waals surface area contributed by atoms with Crippen molar-refractivity contribution in [3.63, 3.8) is 0 Å². The molecule has 27 heavy (non-hydrogen) atoms. The lowest BCUT2D eigenvalue weighted by Gasteiger charge is -2.24. The number of nitrogens with one attached hydrogen (secondary N) is 2. The molecule has 1 heterocycles. The van der Waals surface area contributed by atoms with Crippen LogP contribution in [0.2, 0.25) is 0 Å². The first-order valence-electron chi connectivity index (χ1n) is 9.21. The van der Waals surface area contributed by atoms with Gasteiger partial charge >= 0.3 is 0 Å². The molecule has 148 valence electrons. The number of rotatable bonds is 9. The van der Waals surface area contributed by atoms with Gasteiger partial charge in [-0.2, -0.15) is 11.8 Å². The second-order valence-electron chi connectivity index (χ2n) is 7.26. The predicted molar refractivity (Wildman–Crippen MR) is 116 cm³/mol. The van der Waals surface area contributed by atoms with Gasteiger partial charge in [0.05, 0.1) is 12.8 Å². The largest absolute Gasteiger partial charge is 0.468 e. The molecule has 0 spiro atoms. The Morgan fingerprint density at radius 1 is 1.11 bits per heavy atom. The van der Waals surface area contributed by atoms with E-state index in [1.165, 1.54) is 11.1 Å². The number of nitrogens with zero attached hydrogens (tertiary/aromatic N) is 2. The first-order valence-corrected chi connectivity index (χ1v) is 10.4. The molecule has 6 heteroatoms. The van der Waals surface area contributed by atoms with Gasteiger partial charge in [-0.25, -0.2) is 0 Å². The Hall–Kier alpha value is -1.92. The van der Waals surface area contributed by atoms with Crippen molar-refractivity contribution in [1.29, 1.82) is 0 Å². The van der Waals surface area contributed by atoms with E-state index >= 15 is 0 Å². The maximum atomic E-state index is 5.45. The summed E-state index contributed by atoms with van der Waals surface area (Å²) >= 11 is 1.85. The third kappa shape index (κ3) is 7.31. The molecule has 0 aliphatic carbocycles. The summed E-state index contributed by atoms with van der Waals surface area (Å²) < 4.78 is 5.62. The Morgan fingerprint density at radius 3 is 2.48 bits per heavy atom. The summed E-state index contributed by atoms with van der Waals surface area (Å²) in [4.78, 5) is 6.60. The third-order valence-corrected chi connectivity index (χ3v) is 5.72. The number of hydrogen-bond donors (Lipinski definition) is 2. The molecule has 0 fully saturated rings. The molecular formula is C21H32N4OS. The van der Waals surface area contributed by atoms with Gasteiger partial charge in [0.2, 0.25) is 0 Å². The zero-order valence-corrected chi connectivity index (χ0v) is 17.9. The molecule has 0 saturated carbocycles. The Bertz CT molecular complexity index is 713. The Labute approximate surface area is 167 Å². The number of hydrogen-bond acceptors (Lipinski definition) is 4. The van der Waals surface area contributed by atoms with Crippen molar-refractivity contribution in [1.82, 2.24) is 15.5 Å². The molecule has 0 bridgehead atoms. The molecule has 2 N–H and O–H groups in total. The van der Waals surface area contributed by atoms with Crippen LogP contribution in [0.4, 0.5) is 0 Å². The molecule has 5 nitrogen and oxygen atoms in total. The molecule has 0 saturated heterocycles. The number of aliphatic imine (C=N–C) groups is 1. The molecule has 1 aromatic carbocycles. The monoisotopic (exact) mass is 388 g/mol. The van der Waals surface area contributed by atoms with Crippen molar-refractivity contribution in [2.24, 2.45) is 4.99 Å². The van der Waals surface area contributed by atoms with Crippen molar-refractivity contribution < 1.29 is 4.42 Å². The lowest BCUT2D eigenvalue weighted by molar-refractivity contribution is 0.287. The lowest BCUT2D eigenvalue weighted by Crippen LogP contribution is -2.43. The predicted octanol–water partition coefficient (Wildman–Crippen LogP) is 3.72. The normalized spacial score (nSPS) is 12.4. The van der Waals surface area contributed by atoms with Gasteiger partial charge in [-0.05, 0) is 50.4 Å². The average molecular weight is 389 g/mol. The van der Waals surface area contributed by atoms with Crippen LogP contribution in [0.1, 0.15) is 30.7 Å². The minimum atomic E-state index is 0.171. The molecule has 0 atom stereocenters. The van der Waals surface area contributed by atoms with Gasteiger partial charge in [-0.3, -0.25) is 9.89 Å².